The third kappa shape index (κ3) is 5.81. The van der Waals surface area contributed by atoms with Crippen LogP contribution in [0.15, 0.2) is 10.6 Å². The molecule has 0 radical (unpaired) electrons. The van der Waals surface area contributed by atoms with Crippen LogP contribution >= 0.6 is 34.8 Å². The van der Waals surface area contributed by atoms with Crippen molar-refractivity contribution in [2.45, 2.75) is 40.0 Å². The standard InChI is InChI=1S/C8H10Cl2O2.C5H11Cl/c1-8(2)4(3-5(9)10)6(8)7(11)12;1-2-3-4-5-6/h3-4,6H,1-2H3,(H,11,12);2-5H2,1H3/t4-,6-;/m1./s1. The minimum atomic E-state index is -0.782. The highest BCUT2D eigenvalue weighted by Crippen LogP contribution is 2.59. The van der Waals surface area contributed by atoms with E-state index in [1.165, 1.54) is 19.3 Å². The summed E-state index contributed by atoms with van der Waals surface area (Å²) in [6.07, 6.45) is 5.33. The Balaban J connectivity index is 0.000000411. The van der Waals surface area contributed by atoms with E-state index in [1.54, 1.807) is 6.08 Å². The second kappa shape index (κ2) is 8.29. The third-order valence-corrected chi connectivity index (χ3v) is 3.74. The van der Waals surface area contributed by atoms with Gasteiger partial charge in [0, 0.05) is 5.88 Å². The minimum Gasteiger partial charge on any atom is -0.481 e. The Morgan fingerprint density at radius 2 is 1.89 bits per heavy atom. The lowest BCUT2D eigenvalue weighted by molar-refractivity contribution is -0.139. The molecule has 0 aromatic rings. The molecule has 0 unspecified atom stereocenters. The number of alkyl halides is 1. The van der Waals surface area contributed by atoms with Crippen molar-refractivity contribution in [3.8, 4) is 0 Å². The summed E-state index contributed by atoms with van der Waals surface area (Å²) in [5.74, 6) is -0.325. The molecule has 0 spiro atoms. The molecular weight excluding hydrogens is 294 g/mol. The monoisotopic (exact) mass is 314 g/mol. The van der Waals surface area contributed by atoms with Crippen LogP contribution in [-0.4, -0.2) is 17.0 Å². The van der Waals surface area contributed by atoms with Gasteiger partial charge in [0.1, 0.15) is 4.49 Å². The number of hydrogen-bond donors (Lipinski definition) is 1. The van der Waals surface area contributed by atoms with Gasteiger partial charge in [-0.1, -0.05) is 56.8 Å². The van der Waals surface area contributed by atoms with Gasteiger partial charge in [0.2, 0.25) is 0 Å². The summed E-state index contributed by atoms with van der Waals surface area (Å²) in [5, 5.41) is 8.76. The van der Waals surface area contributed by atoms with E-state index >= 15 is 0 Å². The molecule has 0 aromatic carbocycles. The number of carboxylic acids is 1. The minimum absolute atomic E-state index is 0.0278. The smallest absolute Gasteiger partial charge is 0.307 e. The molecule has 106 valence electrons. The average Bonchev–Trinajstić information content (AvgIpc) is 2.77. The molecule has 18 heavy (non-hydrogen) atoms. The first kappa shape index (κ1) is 18.1. The molecule has 1 aliphatic carbocycles. The fourth-order valence-corrected chi connectivity index (χ4v) is 2.40. The predicted octanol–water partition coefficient (Wildman–Crippen LogP) is 5.08. The van der Waals surface area contributed by atoms with Crippen molar-refractivity contribution in [2.24, 2.45) is 17.3 Å². The maximum absolute atomic E-state index is 10.7. The Morgan fingerprint density at radius 3 is 2.11 bits per heavy atom. The van der Waals surface area contributed by atoms with Crippen molar-refractivity contribution >= 4 is 40.8 Å². The third-order valence-electron chi connectivity index (χ3n) is 3.22. The fraction of sp³-hybridized carbons (Fsp3) is 0.769. The van der Waals surface area contributed by atoms with Crippen LogP contribution in [0.1, 0.15) is 40.0 Å². The molecule has 0 saturated heterocycles. The van der Waals surface area contributed by atoms with Crippen molar-refractivity contribution in [1.29, 1.82) is 0 Å². The van der Waals surface area contributed by atoms with Crippen LogP contribution in [0.3, 0.4) is 0 Å². The van der Waals surface area contributed by atoms with E-state index in [4.69, 9.17) is 39.9 Å². The zero-order chi connectivity index (χ0) is 14.3. The molecule has 0 amide bonds. The number of hydrogen-bond acceptors (Lipinski definition) is 1. The quantitative estimate of drug-likeness (QED) is 0.567. The van der Waals surface area contributed by atoms with Crippen molar-refractivity contribution in [2.75, 3.05) is 5.88 Å². The molecular formula is C13H21Cl3O2. The van der Waals surface area contributed by atoms with E-state index < -0.39 is 5.97 Å². The molecule has 1 rings (SSSR count). The number of unbranched alkanes of at least 4 members (excludes halogenated alkanes) is 2. The Kier molecular flexibility index (Phi) is 8.33. The van der Waals surface area contributed by atoms with Gasteiger partial charge in [0.25, 0.3) is 0 Å². The van der Waals surface area contributed by atoms with E-state index in [1.807, 2.05) is 13.8 Å². The molecule has 0 aliphatic heterocycles. The summed E-state index contributed by atoms with van der Waals surface area (Å²) >= 11 is 16.3. The molecule has 0 aromatic heterocycles. The molecule has 0 heterocycles. The largest absolute Gasteiger partial charge is 0.481 e. The Bertz CT molecular complexity index is 293. The fourth-order valence-electron chi connectivity index (χ4n) is 1.94. The molecule has 1 fully saturated rings. The SMILES string of the molecule is CC1(C)[C@H](C=C(Cl)Cl)[C@@H]1C(=O)O.CCCCCCl. The normalized spacial score (nSPS) is 23.7. The Hall–Kier alpha value is 0.0800. The summed E-state index contributed by atoms with van der Waals surface area (Å²) in [6.45, 7) is 5.96. The summed E-state index contributed by atoms with van der Waals surface area (Å²) in [5.41, 5.74) is -0.207. The summed E-state index contributed by atoms with van der Waals surface area (Å²) in [4.78, 5) is 10.7. The molecule has 1 aliphatic rings. The zero-order valence-corrected chi connectivity index (χ0v) is 13.3. The van der Waals surface area contributed by atoms with Crippen LogP contribution in [0, 0.1) is 17.3 Å². The lowest BCUT2D eigenvalue weighted by Gasteiger charge is -1.96. The molecule has 1 saturated carbocycles. The van der Waals surface area contributed by atoms with Gasteiger partial charge in [-0.3, -0.25) is 4.79 Å². The van der Waals surface area contributed by atoms with Crippen molar-refractivity contribution in [3.63, 3.8) is 0 Å². The highest BCUT2D eigenvalue weighted by molar-refractivity contribution is 6.55. The lowest BCUT2D eigenvalue weighted by atomic mass is 10.1. The van der Waals surface area contributed by atoms with Gasteiger partial charge in [-0.05, 0) is 23.8 Å². The van der Waals surface area contributed by atoms with E-state index in [-0.39, 0.29) is 21.7 Å². The number of aliphatic carboxylic acids is 1. The molecule has 2 nitrogen and oxygen atoms in total. The maximum atomic E-state index is 10.7. The van der Waals surface area contributed by atoms with E-state index in [0.717, 1.165) is 5.88 Å². The highest BCUT2D eigenvalue weighted by atomic mass is 35.5. The summed E-state index contributed by atoms with van der Waals surface area (Å²) < 4.78 is 0.150. The van der Waals surface area contributed by atoms with Crippen LogP contribution < -0.4 is 0 Å². The molecule has 0 bridgehead atoms. The van der Waals surface area contributed by atoms with Gasteiger partial charge < -0.3 is 5.11 Å². The van der Waals surface area contributed by atoms with Crippen LogP contribution in [0.5, 0.6) is 0 Å². The summed E-state index contributed by atoms with van der Waals surface area (Å²) in [6, 6.07) is 0. The average molecular weight is 316 g/mol. The van der Waals surface area contributed by atoms with Gasteiger partial charge in [-0.2, -0.15) is 0 Å². The van der Waals surface area contributed by atoms with E-state index in [2.05, 4.69) is 6.92 Å². The van der Waals surface area contributed by atoms with Gasteiger partial charge in [0.05, 0.1) is 5.92 Å². The van der Waals surface area contributed by atoms with Gasteiger partial charge >= 0.3 is 5.97 Å². The molecule has 2 atom stereocenters. The summed E-state index contributed by atoms with van der Waals surface area (Å²) in [7, 11) is 0. The molecule has 5 heteroatoms. The van der Waals surface area contributed by atoms with E-state index in [0.29, 0.717) is 0 Å². The number of allylic oxidation sites excluding steroid dienone is 1. The first-order valence-corrected chi connectivity index (χ1v) is 7.39. The van der Waals surface area contributed by atoms with E-state index in [9.17, 15) is 4.79 Å². The van der Waals surface area contributed by atoms with Gasteiger partial charge in [-0.25, -0.2) is 0 Å². The van der Waals surface area contributed by atoms with Crippen molar-refractivity contribution in [3.05, 3.63) is 10.6 Å². The van der Waals surface area contributed by atoms with Crippen LogP contribution in [0.4, 0.5) is 0 Å². The topological polar surface area (TPSA) is 37.3 Å². The van der Waals surface area contributed by atoms with Crippen LogP contribution in [0.25, 0.3) is 0 Å². The van der Waals surface area contributed by atoms with Gasteiger partial charge in [0.15, 0.2) is 0 Å². The maximum Gasteiger partial charge on any atom is 0.307 e. The first-order chi connectivity index (χ1) is 8.28. The Labute approximate surface area is 124 Å². The number of halogens is 3. The molecule has 1 N–H and O–H groups in total. The number of rotatable bonds is 5. The Morgan fingerprint density at radius 1 is 1.33 bits per heavy atom. The second-order valence-corrected chi connectivity index (χ2v) is 6.40. The lowest BCUT2D eigenvalue weighted by Crippen LogP contribution is -2.02. The van der Waals surface area contributed by atoms with Gasteiger partial charge in [-0.15, -0.1) is 11.6 Å². The second-order valence-electron chi connectivity index (χ2n) is 5.02. The van der Waals surface area contributed by atoms with Crippen LogP contribution in [-0.2, 0) is 4.79 Å². The van der Waals surface area contributed by atoms with Crippen molar-refractivity contribution in [1.82, 2.24) is 0 Å². The highest BCUT2D eigenvalue weighted by Gasteiger charge is 2.60. The zero-order valence-electron chi connectivity index (χ0n) is 11.0. The van der Waals surface area contributed by atoms with Crippen molar-refractivity contribution < 1.29 is 9.90 Å². The number of carbonyl (C=O) groups is 1. The predicted molar refractivity (Wildman–Crippen MR) is 78.4 cm³/mol. The van der Waals surface area contributed by atoms with Crippen LogP contribution in [0.2, 0.25) is 0 Å². The first-order valence-electron chi connectivity index (χ1n) is 6.10. The number of carboxylic acid groups (broad SMARTS) is 1.